The molecule has 1 saturated heterocycles. The molecule has 0 atom stereocenters. The van der Waals surface area contributed by atoms with E-state index in [2.05, 4.69) is 5.32 Å². The third-order valence-corrected chi connectivity index (χ3v) is 4.17. The largest absolute Gasteiger partial charge is 0.308 e. The lowest BCUT2D eigenvalue weighted by atomic mass is 10.2. The second kappa shape index (κ2) is 3.71. The molecule has 1 N–H and O–H groups in total. The summed E-state index contributed by atoms with van der Waals surface area (Å²) in [6.07, 6.45) is 0. The summed E-state index contributed by atoms with van der Waals surface area (Å²) in [6, 6.07) is 10.1. The Bertz CT molecular complexity index is 387. The minimum atomic E-state index is -2.70. The van der Waals surface area contributed by atoms with Gasteiger partial charge in [-0.15, -0.1) is 0 Å². The summed E-state index contributed by atoms with van der Waals surface area (Å²) in [5, 5.41) is 3.21. The van der Waals surface area contributed by atoms with Gasteiger partial charge in [0.15, 0.2) is 9.84 Å². The van der Waals surface area contributed by atoms with Crippen molar-refractivity contribution in [2.75, 3.05) is 11.5 Å². The molecular formula is C10H13NO2S. The predicted molar refractivity (Wildman–Crippen MR) is 55.7 cm³/mol. The average Bonchev–Trinajstić information content (AvgIpc) is 2.13. The Kier molecular flexibility index (Phi) is 2.56. The van der Waals surface area contributed by atoms with E-state index in [-0.39, 0.29) is 6.04 Å². The summed E-state index contributed by atoms with van der Waals surface area (Å²) in [6.45, 7) is 0.751. The maximum atomic E-state index is 10.9. The molecule has 0 bridgehead atoms. The molecular weight excluding hydrogens is 198 g/mol. The molecule has 1 fully saturated rings. The van der Waals surface area contributed by atoms with Gasteiger partial charge >= 0.3 is 0 Å². The Morgan fingerprint density at radius 2 is 1.86 bits per heavy atom. The molecule has 0 unspecified atom stereocenters. The summed E-state index contributed by atoms with van der Waals surface area (Å²) < 4.78 is 21.7. The van der Waals surface area contributed by atoms with Crippen LogP contribution in [0.4, 0.5) is 0 Å². The third kappa shape index (κ3) is 2.33. The van der Waals surface area contributed by atoms with Crippen LogP contribution in [0.5, 0.6) is 0 Å². The topological polar surface area (TPSA) is 46.2 Å². The summed E-state index contributed by atoms with van der Waals surface area (Å²) in [7, 11) is -2.70. The fraction of sp³-hybridized carbons (Fsp3) is 0.400. The van der Waals surface area contributed by atoms with Gasteiger partial charge in [-0.05, 0) is 5.56 Å². The van der Waals surface area contributed by atoms with Gasteiger partial charge < -0.3 is 5.32 Å². The molecule has 2 rings (SSSR count). The minimum absolute atomic E-state index is 0.153. The molecule has 1 aliphatic rings. The van der Waals surface area contributed by atoms with E-state index in [9.17, 15) is 8.42 Å². The Morgan fingerprint density at radius 1 is 1.21 bits per heavy atom. The lowest BCUT2D eigenvalue weighted by Crippen LogP contribution is -2.50. The van der Waals surface area contributed by atoms with Crippen molar-refractivity contribution in [3.8, 4) is 0 Å². The quantitative estimate of drug-likeness (QED) is 0.795. The zero-order valence-corrected chi connectivity index (χ0v) is 8.63. The molecule has 76 valence electrons. The van der Waals surface area contributed by atoms with Gasteiger partial charge in [-0.2, -0.15) is 0 Å². The molecule has 1 aromatic carbocycles. The molecule has 0 aliphatic carbocycles. The second-order valence-corrected chi connectivity index (χ2v) is 5.79. The van der Waals surface area contributed by atoms with E-state index < -0.39 is 9.84 Å². The number of rotatable bonds is 3. The zero-order chi connectivity index (χ0) is 10.0. The lowest BCUT2D eigenvalue weighted by molar-refractivity contribution is 0.511. The first kappa shape index (κ1) is 9.68. The summed E-state index contributed by atoms with van der Waals surface area (Å²) in [4.78, 5) is 0. The first-order valence-electron chi connectivity index (χ1n) is 4.63. The number of hydrogen-bond acceptors (Lipinski definition) is 3. The number of nitrogens with one attached hydrogen (secondary N) is 1. The SMILES string of the molecule is O=S1(=O)CC(NCc2ccccc2)C1. The van der Waals surface area contributed by atoms with Crippen molar-refractivity contribution < 1.29 is 8.42 Å². The molecule has 1 aromatic rings. The molecule has 4 heteroatoms. The highest BCUT2D eigenvalue weighted by Crippen LogP contribution is 2.10. The van der Waals surface area contributed by atoms with Crippen LogP contribution in [0.2, 0.25) is 0 Å². The van der Waals surface area contributed by atoms with Gasteiger partial charge in [-0.1, -0.05) is 30.3 Å². The van der Waals surface area contributed by atoms with Crippen LogP contribution < -0.4 is 5.32 Å². The number of benzene rings is 1. The van der Waals surface area contributed by atoms with Gasteiger partial charge in [0.05, 0.1) is 11.5 Å². The maximum Gasteiger partial charge on any atom is 0.153 e. The minimum Gasteiger partial charge on any atom is -0.308 e. The van der Waals surface area contributed by atoms with E-state index >= 15 is 0 Å². The number of sulfone groups is 1. The van der Waals surface area contributed by atoms with Crippen molar-refractivity contribution in [3.05, 3.63) is 35.9 Å². The second-order valence-electron chi connectivity index (χ2n) is 3.64. The van der Waals surface area contributed by atoms with Gasteiger partial charge in [0.25, 0.3) is 0 Å². The van der Waals surface area contributed by atoms with Crippen molar-refractivity contribution in [1.82, 2.24) is 5.32 Å². The fourth-order valence-electron chi connectivity index (χ4n) is 1.54. The van der Waals surface area contributed by atoms with Crippen molar-refractivity contribution in [2.45, 2.75) is 12.6 Å². The molecule has 0 aromatic heterocycles. The van der Waals surface area contributed by atoms with Crippen LogP contribution >= 0.6 is 0 Å². The van der Waals surface area contributed by atoms with Gasteiger partial charge in [0, 0.05) is 12.6 Å². The Hall–Kier alpha value is -0.870. The van der Waals surface area contributed by atoms with E-state index in [0.29, 0.717) is 11.5 Å². The lowest BCUT2D eigenvalue weighted by Gasteiger charge is -2.26. The van der Waals surface area contributed by atoms with Gasteiger partial charge in [0.1, 0.15) is 0 Å². The van der Waals surface area contributed by atoms with Crippen LogP contribution in [-0.2, 0) is 16.4 Å². The molecule has 0 spiro atoms. The first-order chi connectivity index (χ1) is 6.66. The van der Waals surface area contributed by atoms with E-state index in [4.69, 9.17) is 0 Å². The highest BCUT2D eigenvalue weighted by atomic mass is 32.2. The fourth-order valence-corrected chi connectivity index (χ4v) is 2.90. The molecule has 1 aliphatic heterocycles. The molecule has 1 heterocycles. The van der Waals surface area contributed by atoms with Crippen LogP contribution in [0.25, 0.3) is 0 Å². The predicted octanol–water partition coefficient (Wildman–Crippen LogP) is 0.573. The van der Waals surface area contributed by atoms with Gasteiger partial charge in [-0.3, -0.25) is 0 Å². The molecule has 14 heavy (non-hydrogen) atoms. The molecule has 0 radical (unpaired) electrons. The van der Waals surface area contributed by atoms with E-state index in [1.54, 1.807) is 0 Å². The van der Waals surface area contributed by atoms with Crippen LogP contribution in [0.3, 0.4) is 0 Å². The normalized spacial score (nSPS) is 20.3. The highest BCUT2D eigenvalue weighted by Gasteiger charge is 2.32. The molecule has 0 saturated carbocycles. The Labute approximate surface area is 84.1 Å². The Balaban J connectivity index is 1.80. The summed E-state index contributed by atoms with van der Waals surface area (Å²) in [5.74, 6) is 0.583. The van der Waals surface area contributed by atoms with Crippen LogP contribution in [-0.4, -0.2) is 26.0 Å². The zero-order valence-electron chi connectivity index (χ0n) is 7.81. The average molecular weight is 211 g/mol. The van der Waals surface area contributed by atoms with Crippen LogP contribution in [0, 0.1) is 0 Å². The van der Waals surface area contributed by atoms with Gasteiger partial charge in [-0.25, -0.2) is 8.42 Å². The van der Waals surface area contributed by atoms with Crippen molar-refractivity contribution >= 4 is 9.84 Å². The smallest absolute Gasteiger partial charge is 0.153 e. The number of hydrogen-bond donors (Lipinski definition) is 1. The third-order valence-electron chi connectivity index (χ3n) is 2.35. The van der Waals surface area contributed by atoms with Crippen LogP contribution in [0.15, 0.2) is 30.3 Å². The van der Waals surface area contributed by atoms with Crippen LogP contribution in [0.1, 0.15) is 5.56 Å². The maximum absolute atomic E-state index is 10.9. The van der Waals surface area contributed by atoms with Crippen molar-refractivity contribution in [1.29, 1.82) is 0 Å². The van der Waals surface area contributed by atoms with Gasteiger partial charge in [0.2, 0.25) is 0 Å². The summed E-state index contributed by atoms with van der Waals surface area (Å²) >= 11 is 0. The Morgan fingerprint density at radius 3 is 2.43 bits per heavy atom. The molecule has 0 amide bonds. The van der Waals surface area contributed by atoms with Crippen molar-refractivity contribution in [2.24, 2.45) is 0 Å². The van der Waals surface area contributed by atoms with E-state index in [1.165, 1.54) is 5.56 Å². The van der Waals surface area contributed by atoms with E-state index in [1.807, 2.05) is 30.3 Å². The molecule has 3 nitrogen and oxygen atoms in total. The first-order valence-corrected chi connectivity index (χ1v) is 6.46. The standard InChI is InChI=1S/C10H13NO2S/c12-14(13)7-10(8-14)11-6-9-4-2-1-3-5-9/h1-5,10-11H,6-8H2. The summed E-state index contributed by atoms with van der Waals surface area (Å²) in [5.41, 5.74) is 1.19. The van der Waals surface area contributed by atoms with Crippen molar-refractivity contribution in [3.63, 3.8) is 0 Å². The highest BCUT2D eigenvalue weighted by molar-refractivity contribution is 7.92. The monoisotopic (exact) mass is 211 g/mol. The van der Waals surface area contributed by atoms with E-state index in [0.717, 1.165) is 6.54 Å².